The molecule has 0 radical (unpaired) electrons. The highest BCUT2D eigenvalue weighted by Crippen LogP contribution is 1.94. The largest absolute Gasteiger partial charge is 0.318 e. The van der Waals surface area contributed by atoms with Crippen LogP contribution in [-0.2, 0) is 0 Å². The van der Waals surface area contributed by atoms with Gasteiger partial charge in [0.05, 0.1) is 6.04 Å². The molecule has 1 atom stereocenters. The van der Waals surface area contributed by atoms with E-state index in [-0.39, 0.29) is 6.04 Å². The summed E-state index contributed by atoms with van der Waals surface area (Å²) < 4.78 is 0. The maximum absolute atomic E-state index is 5.47. The van der Waals surface area contributed by atoms with E-state index in [2.05, 4.69) is 11.8 Å². The Balaban J connectivity index is 2.75. The molecule has 56 valence electrons. The van der Waals surface area contributed by atoms with Crippen LogP contribution in [0.4, 0.5) is 0 Å². The lowest BCUT2D eigenvalue weighted by Gasteiger charge is -1.89. The van der Waals surface area contributed by atoms with Crippen LogP contribution in [0.5, 0.6) is 0 Å². The molecular weight excluding hydrogens is 134 g/mol. The molecule has 11 heavy (non-hydrogen) atoms. The van der Waals surface area contributed by atoms with Gasteiger partial charge in [0.2, 0.25) is 0 Å². The Bertz CT molecular complexity index is 264. The SMILES string of the molecule is C[C@@H](N)C#Cc1ccccc1. The second-order valence-corrected chi connectivity index (χ2v) is 2.42. The number of benzene rings is 1. The molecule has 1 aromatic carbocycles. The van der Waals surface area contributed by atoms with Gasteiger partial charge in [0.25, 0.3) is 0 Å². The first-order valence-electron chi connectivity index (χ1n) is 3.61. The second kappa shape index (κ2) is 3.80. The zero-order chi connectivity index (χ0) is 8.10. The summed E-state index contributed by atoms with van der Waals surface area (Å²) in [5.74, 6) is 5.86. The van der Waals surface area contributed by atoms with Gasteiger partial charge in [-0.1, -0.05) is 30.0 Å². The summed E-state index contributed by atoms with van der Waals surface area (Å²) in [5.41, 5.74) is 6.48. The lowest BCUT2D eigenvalue weighted by molar-refractivity contribution is 0.959. The quantitative estimate of drug-likeness (QED) is 0.548. The molecule has 1 rings (SSSR count). The normalized spacial score (nSPS) is 11.5. The summed E-state index contributed by atoms with van der Waals surface area (Å²) in [6.45, 7) is 1.87. The average Bonchev–Trinajstić information content (AvgIpc) is 2.03. The molecule has 0 bridgehead atoms. The molecule has 0 spiro atoms. The van der Waals surface area contributed by atoms with Gasteiger partial charge in [0.1, 0.15) is 0 Å². The Morgan fingerprint density at radius 1 is 1.27 bits per heavy atom. The highest BCUT2D eigenvalue weighted by atomic mass is 14.6. The van der Waals surface area contributed by atoms with E-state index in [1.54, 1.807) is 0 Å². The van der Waals surface area contributed by atoms with Crippen molar-refractivity contribution in [2.75, 3.05) is 0 Å². The van der Waals surface area contributed by atoms with E-state index in [1.165, 1.54) is 0 Å². The van der Waals surface area contributed by atoms with Crippen molar-refractivity contribution in [3.05, 3.63) is 35.9 Å². The zero-order valence-corrected chi connectivity index (χ0v) is 6.54. The molecule has 1 heteroatoms. The first-order chi connectivity index (χ1) is 5.29. The van der Waals surface area contributed by atoms with E-state index in [9.17, 15) is 0 Å². The standard InChI is InChI=1S/C10H11N/c1-9(11)7-8-10-5-3-2-4-6-10/h2-6,9H,11H2,1H3/t9-/m1/s1. The van der Waals surface area contributed by atoms with Crippen molar-refractivity contribution >= 4 is 0 Å². The zero-order valence-electron chi connectivity index (χ0n) is 6.54. The Labute approximate surface area is 67.2 Å². The minimum Gasteiger partial charge on any atom is -0.318 e. The van der Waals surface area contributed by atoms with E-state index < -0.39 is 0 Å². The molecule has 0 saturated heterocycles. The monoisotopic (exact) mass is 145 g/mol. The average molecular weight is 145 g/mol. The predicted octanol–water partition coefficient (Wildman–Crippen LogP) is 1.39. The van der Waals surface area contributed by atoms with Crippen LogP contribution >= 0.6 is 0 Å². The van der Waals surface area contributed by atoms with Gasteiger partial charge >= 0.3 is 0 Å². The minimum atomic E-state index is -0.0461. The van der Waals surface area contributed by atoms with Crippen LogP contribution in [0.25, 0.3) is 0 Å². The van der Waals surface area contributed by atoms with Crippen molar-refractivity contribution in [3.63, 3.8) is 0 Å². The molecule has 1 nitrogen and oxygen atoms in total. The lowest BCUT2D eigenvalue weighted by atomic mass is 10.2. The number of hydrogen-bond donors (Lipinski definition) is 1. The Morgan fingerprint density at radius 3 is 2.45 bits per heavy atom. The fourth-order valence-electron chi connectivity index (χ4n) is 0.719. The molecule has 0 fully saturated rings. The summed E-state index contributed by atoms with van der Waals surface area (Å²) in [7, 11) is 0. The second-order valence-electron chi connectivity index (χ2n) is 2.42. The fraction of sp³-hybridized carbons (Fsp3) is 0.200. The van der Waals surface area contributed by atoms with Crippen molar-refractivity contribution in [2.24, 2.45) is 5.73 Å². The summed E-state index contributed by atoms with van der Waals surface area (Å²) >= 11 is 0. The van der Waals surface area contributed by atoms with Crippen molar-refractivity contribution in [1.82, 2.24) is 0 Å². The molecule has 0 unspecified atom stereocenters. The third kappa shape index (κ3) is 2.88. The van der Waals surface area contributed by atoms with E-state index >= 15 is 0 Å². The Morgan fingerprint density at radius 2 is 1.91 bits per heavy atom. The van der Waals surface area contributed by atoms with E-state index in [0.717, 1.165) is 5.56 Å². The molecule has 0 aromatic heterocycles. The minimum absolute atomic E-state index is 0.0461. The van der Waals surface area contributed by atoms with Gasteiger partial charge in [0, 0.05) is 5.56 Å². The van der Waals surface area contributed by atoms with Crippen molar-refractivity contribution in [3.8, 4) is 11.8 Å². The van der Waals surface area contributed by atoms with E-state index in [0.29, 0.717) is 0 Å². The van der Waals surface area contributed by atoms with Crippen LogP contribution in [0.15, 0.2) is 30.3 Å². The third-order valence-corrected chi connectivity index (χ3v) is 1.22. The summed E-state index contributed by atoms with van der Waals surface area (Å²) in [4.78, 5) is 0. The molecule has 1 aromatic rings. The number of nitrogens with two attached hydrogens (primary N) is 1. The van der Waals surface area contributed by atoms with Crippen molar-refractivity contribution in [2.45, 2.75) is 13.0 Å². The molecule has 0 aliphatic carbocycles. The molecular formula is C10H11N. The van der Waals surface area contributed by atoms with E-state index in [4.69, 9.17) is 5.73 Å². The van der Waals surface area contributed by atoms with Gasteiger partial charge in [-0.3, -0.25) is 0 Å². The van der Waals surface area contributed by atoms with Crippen LogP contribution in [0.1, 0.15) is 12.5 Å². The number of hydrogen-bond acceptors (Lipinski definition) is 1. The maximum Gasteiger partial charge on any atom is 0.0639 e. The van der Waals surface area contributed by atoms with Crippen molar-refractivity contribution in [1.29, 1.82) is 0 Å². The smallest absolute Gasteiger partial charge is 0.0639 e. The first kappa shape index (κ1) is 7.84. The summed E-state index contributed by atoms with van der Waals surface area (Å²) in [6, 6.07) is 9.79. The lowest BCUT2D eigenvalue weighted by Crippen LogP contribution is -2.10. The topological polar surface area (TPSA) is 26.0 Å². The van der Waals surface area contributed by atoms with Gasteiger partial charge in [-0.15, -0.1) is 0 Å². The molecule has 0 heterocycles. The van der Waals surface area contributed by atoms with Crippen LogP contribution < -0.4 is 5.73 Å². The van der Waals surface area contributed by atoms with E-state index in [1.807, 2.05) is 37.3 Å². The van der Waals surface area contributed by atoms with Gasteiger partial charge in [-0.2, -0.15) is 0 Å². The van der Waals surface area contributed by atoms with Crippen LogP contribution in [-0.4, -0.2) is 6.04 Å². The maximum atomic E-state index is 5.47. The fourth-order valence-corrected chi connectivity index (χ4v) is 0.719. The number of rotatable bonds is 0. The molecule has 0 amide bonds. The molecule has 2 N–H and O–H groups in total. The summed E-state index contributed by atoms with van der Waals surface area (Å²) in [6.07, 6.45) is 0. The van der Waals surface area contributed by atoms with Gasteiger partial charge in [-0.25, -0.2) is 0 Å². The Hall–Kier alpha value is -1.26. The van der Waals surface area contributed by atoms with Gasteiger partial charge < -0.3 is 5.73 Å². The molecule has 0 aliphatic rings. The van der Waals surface area contributed by atoms with Gasteiger partial charge in [-0.05, 0) is 19.1 Å². The van der Waals surface area contributed by atoms with Gasteiger partial charge in [0.15, 0.2) is 0 Å². The third-order valence-electron chi connectivity index (χ3n) is 1.22. The predicted molar refractivity (Wildman–Crippen MR) is 47.0 cm³/mol. The Kier molecular flexibility index (Phi) is 2.71. The first-order valence-corrected chi connectivity index (χ1v) is 3.61. The summed E-state index contributed by atoms with van der Waals surface area (Å²) in [5, 5.41) is 0. The van der Waals surface area contributed by atoms with Crippen LogP contribution in [0, 0.1) is 11.8 Å². The highest BCUT2D eigenvalue weighted by molar-refractivity contribution is 5.34. The van der Waals surface area contributed by atoms with Crippen LogP contribution in [0.3, 0.4) is 0 Å². The highest BCUT2D eigenvalue weighted by Gasteiger charge is 1.83. The molecule has 0 saturated carbocycles. The van der Waals surface area contributed by atoms with Crippen LogP contribution in [0.2, 0.25) is 0 Å². The molecule has 0 aliphatic heterocycles. The van der Waals surface area contributed by atoms with Crippen molar-refractivity contribution < 1.29 is 0 Å².